The normalized spacial score (nSPS) is 11.8. The lowest BCUT2D eigenvalue weighted by Crippen LogP contribution is -2.39. The summed E-state index contributed by atoms with van der Waals surface area (Å²) < 4.78 is 0. The Hall–Kier alpha value is -1.32. The summed E-state index contributed by atoms with van der Waals surface area (Å²) in [6.07, 6.45) is 4.37. The van der Waals surface area contributed by atoms with E-state index >= 15 is 0 Å². The molecule has 0 radical (unpaired) electrons. The molecule has 0 aromatic rings. The van der Waals surface area contributed by atoms with Crippen LogP contribution in [0.5, 0.6) is 0 Å². The van der Waals surface area contributed by atoms with E-state index in [4.69, 9.17) is 5.11 Å². The van der Waals surface area contributed by atoms with Crippen LogP contribution >= 0.6 is 0 Å². The van der Waals surface area contributed by atoms with Crippen LogP contribution in [-0.4, -0.2) is 23.0 Å². The Morgan fingerprint density at radius 2 is 2.14 bits per heavy atom. The van der Waals surface area contributed by atoms with Crippen molar-refractivity contribution in [3.8, 4) is 0 Å². The highest BCUT2D eigenvalue weighted by Gasteiger charge is 2.17. The number of aliphatic carboxylic acids is 1. The zero-order chi connectivity index (χ0) is 11.0. The van der Waals surface area contributed by atoms with Gasteiger partial charge in [0.25, 0.3) is 0 Å². The van der Waals surface area contributed by atoms with E-state index in [1.165, 1.54) is 0 Å². The van der Waals surface area contributed by atoms with Gasteiger partial charge in [0.15, 0.2) is 0 Å². The minimum atomic E-state index is -0.990. The third kappa shape index (κ3) is 5.35. The second kappa shape index (κ2) is 7.12. The van der Waals surface area contributed by atoms with E-state index in [0.29, 0.717) is 6.42 Å². The zero-order valence-electron chi connectivity index (χ0n) is 8.45. The van der Waals surface area contributed by atoms with Crippen molar-refractivity contribution in [2.75, 3.05) is 0 Å². The molecule has 0 saturated heterocycles. The highest BCUT2D eigenvalue weighted by atomic mass is 16.4. The van der Waals surface area contributed by atoms with E-state index in [1.807, 2.05) is 6.92 Å². The highest BCUT2D eigenvalue weighted by Crippen LogP contribution is 2.03. The second-order valence-electron chi connectivity index (χ2n) is 3.10. The molecular weight excluding hydrogens is 182 g/mol. The summed E-state index contributed by atoms with van der Waals surface area (Å²) in [6, 6.07) is -0.785. The third-order valence-corrected chi connectivity index (χ3v) is 1.90. The van der Waals surface area contributed by atoms with Gasteiger partial charge in [0.2, 0.25) is 5.91 Å². The molecule has 4 heteroatoms. The van der Waals surface area contributed by atoms with E-state index in [2.05, 4.69) is 11.9 Å². The molecule has 0 aliphatic rings. The van der Waals surface area contributed by atoms with Crippen molar-refractivity contribution in [2.24, 2.45) is 0 Å². The maximum atomic E-state index is 10.9. The van der Waals surface area contributed by atoms with Crippen molar-refractivity contribution < 1.29 is 14.7 Å². The average molecular weight is 199 g/mol. The van der Waals surface area contributed by atoms with Crippen LogP contribution in [-0.2, 0) is 9.59 Å². The van der Waals surface area contributed by atoms with Crippen molar-refractivity contribution in [1.29, 1.82) is 0 Å². The van der Waals surface area contributed by atoms with Crippen LogP contribution in [0.4, 0.5) is 0 Å². The van der Waals surface area contributed by atoms with Crippen LogP contribution in [0.25, 0.3) is 0 Å². The predicted molar refractivity (Wildman–Crippen MR) is 53.9 cm³/mol. The first kappa shape index (κ1) is 12.7. The maximum absolute atomic E-state index is 10.9. The van der Waals surface area contributed by atoms with Crippen molar-refractivity contribution >= 4 is 11.9 Å². The predicted octanol–water partition coefficient (Wildman–Crippen LogP) is 1.32. The van der Waals surface area contributed by atoms with Gasteiger partial charge in [-0.15, -0.1) is 0 Å². The monoisotopic (exact) mass is 199 g/mol. The lowest BCUT2D eigenvalue weighted by molar-refractivity contribution is -0.141. The molecular formula is C10H17NO3. The summed E-state index contributed by atoms with van der Waals surface area (Å²) >= 11 is 0. The van der Waals surface area contributed by atoms with E-state index in [9.17, 15) is 9.59 Å². The summed E-state index contributed by atoms with van der Waals surface area (Å²) in [5.74, 6) is -1.43. The van der Waals surface area contributed by atoms with Gasteiger partial charge >= 0.3 is 5.97 Å². The number of carbonyl (C=O) groups excluding carboxylic acids is 1. The molecule has 0 spiro atoms. The minimum Gasteiger partial charge on any atom is -0.480 e. The standard InChI is InChI=1S/C10H17NO3/c1-3-5-6-7-8(10(13)14)11-9(12)4-2/h4,8H,2-3,5-7H2,1H3,(H,11,12)(H,13,14). The smallest absolute Gasteiger partial charge is 0.326 e. The minimum absolute atomic E-state index is 0.436. The fourth-order valence-electron chi connectivity index (χ4n) is 1.09. The lowest BCUT2D eigenvalue weighted by atomic mass is 10.1. The molecule has 1 unspecified atom stereocenters. The topological polar surface area (TPSA) is 66.4 Å². The largest absolute Gasteiger partial charge is 0.480 e. The molecule has 0 aromatic carbocycles. The number of amides is 1. The quantitative estimate of drug-likeness (QED) is 0.480. The summed E-state index contributed by atoms with van der Waals surface area (Å²) in [5.41, 5.74) is 0. The fraction of sp³-hybridized carbons (Fsp3) is 0.600. The number of carboxylic acid groups (broad SMARTS) is 1. The van der Waals surface area contributed by atoms with Gasteiger partial charge in [-0.05, 0) is 12.5 Å². The molecule has 0 fully saturated rings. The van der Waals surface area contributed by atoms with Crippen molar-refractivity contribution in [3.05, 3.63) is 12.7 Å². The maximum Gasteiger partial charge on any atom is 0.326 e. The van der Waals surface area contributed by atoms with Gasteiger partial charge in [0, 0.05) is 0 Å². The van der Waals surface area contributed by atoms with E-state index in [1.54, 1.807) is 0 Å². The summed E-state index contributed by atoms with van der Waals surface area (Å²) in [6.45, 7) is 5.30. The number of unbranched alkanes of at least 4 members (excludes halogenated alkanes) is 2. The van der Waals surface area contributed by atoms with Crippen LogP contribution in [0.2, 0.25) is 0 Å². The molecule has 0 aliphatic carbocycles. The van der Waals surface area contributed by atoms with Crippen LogP contribution in [0.15, 0.2) is 12.7 Å². The number of rotatable bonds is 7. The lowest BCUT2D eigenvalue weighted by Gasteiger charge is -2.12. The Bertz CT molecular complexity index is 213. The molecule has 0 aromatic heterocycles. The van der Waals surface area contributed by atoms with Crippen molar-refractivity contribution in [1.82, 2.24) is 5.32 Å². The number of hydrogen-bond donors (Lipinski definition) is 2. The van der Waals surface area contributed by atoms with E-state index in [0.717, 1.165) is 25.3 Å². The average Bonchev–Trinajstić information content (AvgIpc) is 2.16. The molecule has 0 bridgehead atoms. The third-order valence-electron chi connectivity index (χ3n) is 1.90. The highest BCUT2D eigenvalue weighted by molar-refractivity contribution is 5.90. The molecule has 4 nitrogen and oxygen atoms in total. The van der Waals surface area contributed by atoms with Gasteiger partial charge in [-0.1, -0.05) is 32.8 Å². The Balaban J connectivity index is 3.96. The molecule has 0 aliphatic heterocycles. The summed E-state index contributed by atoms with van der Waals surface area (Å²) in [7, 11) is 0. The number of nitrogens with one attached hydrogen (secondary N) is 1. The summed E-state index contributed by atoms with van der Waals surface area (Å²) in [5, 5.41) is 11.1. The Labute approximate surface area is 84.0 Å². The molecule has 0 heterocycles. The Kier molecular flexibility index (Phi) is 6.45. The van der Waals surface area contributed by atoms with Gasteiger partial charge in [-0.3, -0.25) is 4.79 Å². The van der Waals surface area contributed by atoms with Crippen LogP contribution in [0, 0.1) is 0 Å². The molecule has 2 N–H and O–H groups in total. The number of carbonyl (C=O) groups is 2. The molecule has 80 valence electrons. The summed E-state index contributed by atoms with van der Waals surface area (Å²) in [4.78, 5) is 21.6. The van der Waals surface area contributed by atoms with Gasteiger partial charge in [0.05, 0.1) is 0 Å². The molecule has 1 atom stereocenters. The molecule has 0 rings (SSSR count). The molecule has 1 amide bonds. The second-order valence-corrected chi connectivity index (χ2v) is 3.10. The zero-order valence-corrected chi connectivity index (χ0v) is 8.45. The number of hydrogen-bond acceptors (Lipinski definition) is 2. The fourth-order valence-corrected chi connectivity index (χ4v) is 1.09. The van der Waals surface area contributed by atoms with E-state index < -0.39 is 17.9 Å². The number of carboxylic acids is 1. The van der Waals surface area contributed by atoms with E-state index in [-0.39, 0.29) is 0 Å². The Morgan fingerprint density at radius 1 is 1.50 bits per heavy atom. The van der Waals surface area contributed by atoms with Crippen molar-refractivity contribution in [2.45, 2.75) is 38.6 Å². The van der Waals surface area contributed by atoms with Crippen LogP contribution < -0.4 is 5.32 Å². The van der Waals surface area contributed by atoms with Crippen LogP contribution in [0.3, 0.4) is 0 Å². The van der Waals surface area contributed by atoms with Gasteiger partial charge in [0.1, 0.15) is 6.04 Å². The van der Waals surface area contributed by atoms with Gasteiger partial charge < -0.3 is 10.4 Å². The first-order valence-electron chi connectivity index (χ1n) is 4.77. The first-order chi connectivity index (χ1) is 6.61. The van der Waals surface area contributed by atoms with Crippen LogP contribution in [0.1, 0.15) is 32.6 Å². The first-order valence-corrected chi connectivity index (χ1v) is 4.77. The molecule has 14 heavy (non-hydrogen) atoms. The van der Waals surface area contributed by atoms with Crippen molar-refractivity contribution in [3.63, 3.8) is 0 Å². The van der Waals surface area contributed by atoms with Gasteiger partial charge in [-0.25, -0.2) is 4.79 Å². The molecule has 0 saturated carbocycles. The Morgan fingerprint density at radius 3 is 2.57 bits per heavy atom. The SMILES string of the molecule is C=CC(=O)NC(CCCCC)C(=O)O. The van der Waals surface area contributed by atoms with Gasteiger partial charge in [-0.2, -0.15) is 0 Å².